The lowest BCUT2D eigenvalue weighted by molar-refractivity contribution is 0.458. The van der Waals surface area contributed by atoms with Gasteiger partial charge in [0.15, 0.2) is 0 Å². The van der Waals surface area contributed by atoms with Gasteiger partial charge in [-0.25, -0.2) is 25.3 Å². The second kappa shape index (κ2) is 4.97. The molecule has 0 aliphatic carbocycles. The van der Waals surface area contributed by atoms with Crippen molar-refractivity contribution in [3.05, 3.63) is 30.3 Å². The fourth-order valence-corrected chi connectivity index (χ4v) is 3.61. The van der Waals surface area contributed by atoms with Crippen molar-refractivity contribution in [3.63, 3.8) is 0 Å². The van der Waals surface area contributed by atoms with Crippen LogP contribution < -0.4 is 0 Å². The van der Waals surface area contributed by atoms with Crippen molar-refractivity contribution in [3.8, 4) is 0 Å². The van der Waals surface area contributed by atoms with Crippen LogP contribution in [0.4, 0.5) is 0 Å². The first kappa shape index (κ1) is 16.8. The molecule has 0 saturated heterocycles. The van der Waals surface area contributed by atoms with Gasteiger partial charge < -0.3 is 13.7 Å². The molecular weight excluding hydrogens is 360 g/mol. The first-order valence-electron chi connectivity index (χ1n) is 5.26. The lowest BCUT2D eigenvalue weighted by atomic mass is 10.1. The van der Waals surface area contributed by atoms with Crippen molar-refractivity contribution >= 4 is 41.1 Å². The van der Waals surface area contributed by atoms with Crippen LogP contribution in [0.2, 0.25) is 0 Å². The number of fused-ring (bicyclic) bond motifs is 1. The smallest absolute Gasteiger partial charge is 0.125 e. The minimum Gasteiger partial charge on any atom is -0.744 e. The highest BCUT2D eigenvalue weighted by molar-refractivity contribution is 7.87. The fraction of sp³-hybridized carbons (Fsp3) is 0. The molecular formula is C10H5O9S3-3. The minimum absolute atomic E-state index is 0.196. The summed E-state index contributed by atoms with van der Waals surface area (Å²) >= 11 is 0. The average molecular weight is 365 g/mol. The molecule has 0 saturated carbocycles. The molecule has 9 nitrogen and oxygen atoms in total. The van der Waals surface area contributed by atoms with E-state index in [2.05, 4.69) is 0 Å². The zero-order valence-electron chi connectivity index (χ0n) is 10.3. The molecule has 0 aliphatic rings. The first-order valence-corrected chi connectivity index (χ1v) is 9.48. The Bertz CT molecular complexity index is 1080. The third-order valence-corrected chi connectivity index (χ3v) is 5.23. The van der Waals surface area contributed by atoms with Gasteiger partial charge in [-0.05, 0) is 29.7 Å². The number of hydrogen-bond acceptors (Lipinski definition) is 9. The van der Waals surface area contributed by atoms with Crippen molar-refractivity contribution < 1.29 is 38.9 Å². The Hall–Kier alpha value is -1.57. The third kappa shape index (κ3) is 3.26. The van der Waals surface area contributed by atoms with Gasteiger partial charge in [-0.3, -0.25) is 0 Å². The summed E-state index contributed by atoms with van der Waals surface area (Å²) in [5, 5.41) is -0.668. The second-order valence-electron chi connectivity index (χ2n) is 4.17. The molecule has 2 aromatic carbocycles. The number of rotatable bonds is 3. The number of hydrogen-bond donors (Lipinski definition) is 0. The largest absolute Gasteiger partial charge is 0.744 e. The first-order chi connectivity index (χ1) is 9.80. The molecule has 0 radical (unpaired) electrons. The van der Waals surface area contributed by atoms with Crippen molar-refractivity contribution in [2.24, 2.45) is 0 Å². The molecule has 22 heavy (non-hydrogen) atoms. The van der Waals surface area contributed by atoms with E-state index in [1.54, 1.807) is 0 Å². The quantitative estimate of drug-likeness (QED) is 0.653. The van der Waals surface area contributed by atoms with Crippen LogP contribution in [0.15, 0.2) is 45.0 Å². The zero-order chi connectivity index (χ0) is 16.9. The average Bonchev–Trinajstić information content (AvgIpc) is 2.33. The van der Waals surface area contributed by atoms with Crippen LogP contribution in [-0.2, 0) is 30.4 Å². The highest BCUT2D eigenvalue weighted by Gasteiger charge is 2.14. The Morgan fingerprint density at radius 2 is 1.18 bits per heavy atom. The molecule has 0 spiro atoms. The molecule has 0 aliphatic heterocycles. The van der Waals surface area contributed by atoms with Gasteiger partial charge in [-0.2, -0.15) is 0 Å². The van der Waals surface area contributed by atoms with E-state index in [0.29, 0.717) is 12.1 Å². The summed E-state index contributed by atoms with van der Waals surface area (Å²) in [4.78, 5) is -2.88. The maximum absolute atomic E-state index is 11.2. The predicted octanol–water partition coefficient (Wildman–Crippen LogP) is -0.448. The molecule has 2 aromatic rings. The predicted molar refractivity (Wildman–Crippen MR) is 67.8 cm³/mol. The van der Waals surface area contributed by atoms with Gasteiger partial charge >= 0.3 is 0 Å². The SMILES string of the molecule is O=S(=O)([O-])c1cc(S(=O)(=O)[O-])c2cc(S(=O)(=O)[O-])ccc2c1. The van der Waals surface area contributed by atoms with Gasteiger partial charge in [0, 0.05) is 5.39 Å². The van der Waals surface area contributed by atoms with Crippen molar-refractivity contribution in [2.45, 2.75) is 14.7 Å². The van der Waals surface area contributed by atoms with Crippen molar-refractivity contribution in [2.75, 3.05) is 0 Å². The van der Waals surface area contributed by atoms with E-state index in [1.807, 2.05) is 0 Å². The summed E-state index contributed by atoms with van der Waals surface area (Å²) in [6, 6.07) is 3.45. The van der Waals surface area contributed by atoms with E-state index < -0.39 is 50.4 Å². The van der Waals surface area contributed by atoms with Crippen LogP contribution in [0.5, 0.6) is 0 Å². The van der Waals surface area contributed by atoms with Crippen LogP contribution in [0.3, 0.4) is 0 Å². The van der Waals surface area contributed by atoms with Gasteiger partial charge in [0.25, 0.3) is 0 Å². The summed E-state index contributed by atoms with van der Waals surface area (Å²) in [6.07, 6.45) is 0. The van der Waals surface area contributed by atoms with E-state index in [9.17, 15) is 38.9 Å². The molecule has 12 heteroatoms. The molecule has 0 fully saturated rings. The van der Waals surface area contributed by atoms with Crippen LogP contribution in [0, 0.1) is 0 Å². The standard InChI is InChI=1S/C10H8O9S3/c11-20(12,13)7-2-1-6-3-8(21(14,15)16)5-10(9(6)4-7)22(17,18)19/h1-5H,(H,11,12,13)(H,14,15,16)(H,17,18,19)/p-3. The third-order valence-electron chi connectivity index (χ3n) is 2.71. The van der Waals surface area contributed by atoms with Gasteiger partial charge in [0.05, 0.1) is 14.7 Å². The molecule has 0 aromatic heterocycles. The van der Waals surface area contributed by atoms with Crippen LogP contribution >= 0.6 is 0 Å². The Morgan fingerprint density at radius 1 is 0.636 bits per heavy atom. The van der Waals surface area contributed by atoms with E-state index in [-0.39, 0.29) is 5.39 Å². The second-order valence-corrected chi connectivity index (χ2v) is 8.27. The summed E-state index contributed by atoms with van der Waals surface area (Å²) in [5.74, 6) is 0. The Labute approximate surface area is 125 Å². The van der Waals surface area contributed by atoms with Gasteiger partial charge in [-0.15, -0.1) is 0 Å². The topological polar surface area (TPSA) is 172 Å². The molecule has 0 atom stereocenters. The molecule has 0 heterocycles. The molecule has 2 rings (SSSR count). The van der Waals surface area contributed by atoms with E-state index in [1.165, 1.54) is 0 Å². The van der Waals surface area contributed by atoms with E-state index >= 15 is 0 Å². The zero-order valence-corrected chi connectivity index (χ0v) is 12.7. The molecule has 120 valence electrons. The lowest BCUT2D eigenvalue weighted by Gasteiger charge is -2.16. The van der Waals surface area contributed by atoms with Gasteiger partial charge in [0.2, 0.25) is 0 Å². The highest BCUT2D eigenvalue weighted by atomic mass is 32.2. The summed E-state index contributed by atoms with van der Waals surface area (Å²) in [6.45, 7) is 0. The van der Waals surface area contributed by atoms with Gasteiger partial charge in [-0.1, -0.05) is 6.07 Å². The number of benzene rings is 2. The van der Waals surface area contributed by atoms with Gasteiger partial charge in [0.1, 0.15) is 30.4 Å². The van der Waals surface area contributed by atoms with Crippen molar-refractivity contribution in [1.29, 1.82) is 0 Å². The normalized spacial score (nSPS) is 13.4. The fourth-order valence-electron chi connectivity index (χ4n) is 1.78. The monoisotopic (exact) mass is 365 g/mol. The van der Waals surface area contributed by atoms with Crippen LogP contribution in [0.25, 0.3) is 10.8 Å². The summed E-state index contributed by atoms with van der Waals surface area (Å²) < 4.78 is 99.4. The molecule has 0 unspecified atom stereocenters. The van der Waals surface area contributed by atoms with Crippen molar-refractivity contribution in [1.82, 2.24) is 0 Å². The Morgan fingerprint density at radius 3 is 1.64 bits per heavy atom. The van der Waals surface area contributed by atoms with E-state index in [4.69, 9.17) is 0 Å². The maximum atomic E-state index is 11.2. The van der Waals surface area contributed by atoms with E-state index in [0.717, 1.165) is 18.2 Å². The Balaban J connectivity index is 3.03. The van der Waals surface area contributed by atoms with Crippen LogP contribution in [0.1, 0.15) is 0 Å². The lowest BCUT2D eigenvalue weighted by Crippen LogP contribution is -2.06. The highest BCUT2D eigenvalue weighted by Crippen LogP contribution is 2.29. The maximum Gasteiger partial charge on any atom is 0.125 e. The minimum atomic E-state index is -5.22. The summed E-state index contributed by atoms with van der Waals surface area (Å²) in [5.41, 5.74) is 0. The summed E-state index contributed by atoms with van der Waals surface area (Å²) in [7, 11) is -15.2. The molecule has 0 amide bonds. The molecule has 0 bridgehead atoms. The molecule has 0 N–H and O–H groups in total. The Kier molecular flexibility index (Phi) is 3.80. The van der Waals surface area contributed by atoms with Crippen LogP contribution in [-0.4, -0.2) is 38.9 Å².